The number of esters is 1. The quantitative estimate of drug-likeness (QED) is 0.0320. The molecule has 0 fully saturated rings. The van der Waals surface area contributed by atoms with Gasteiger partial charge in [-0.1, -0.05) is 371 Å². The molecule has 502 valence electrons. The SMILES string of the molecule is CCCCCCCCC/C=C\CCCCCCCCCC(=O)OCCCCCCCCCCC/C=C\C/C=C\CCCCCCCCCCCCCCCC(=O)NC(CO)C(O)CCCCCCCCCCCCCCCCCCCCCCC. The first-order valence-electron chi connectivity index (χ1n) is 38.7. The number of carbonyl (C=O) groups excluding carboxylic acids is 2. The van der Waals surface area contributed by atoms with Crippen LogP contribution >= 0.6 is 0 Å². The predicted molar refractivity (Wildman–Crippen MR) is 375 cm³/mol. The minimum Gasteiger partial charge on any atom is -0.466 e. The third-order valence-corrected chi connectivity index (χ3v) is 18.2. The zero-order valence-electron chi connectivity index (χ0n) is 57.6. The minimum absolute atomic E-state index is 0.00994. The second-order valence-electron chi connectivity index (χ2n) is 26.7. The number of unbranched alkanes of at least 4 members (excludes halogenated alkanes) is 56. The number of rotatable bonds is 73. The largest absolute Gasteiger partial charge is 0.466 e. The van der Waals surface area contributed by atoms with E-state index in [0.29, 0.717) is 25.9 Å². The van der Waals surface area contributed by atoms with Gasteiger partial charge in [-0.2, -0.15) is 0 Å². The Balaban J connectivity index is 3.40. The lowest BCUT2D eigenvalue weighted by atomic mass is 10.0. The van der Waals surface area contributed by atoms with E-state index in [2.05, 4.69) is 55.6 Å². The molecule has 0 aromatic heterocycles. The van der Waals surface area contributed by atoms with E-state index in [1.807, 2.05) is 0 Å². The highest BCUT2D eigenvalue weighted by Gasteiger charge is 2.20. The van der Waals surface area contributed by atoms with Crippen LogP contribution in [-0.2, 0) is 14.3 Å². The second kappa shape index (κ2) is 74.5. The van der Waals surface area contributed by atoms with Gasteiger partial charge in [0.15, 0.2) is 0 Å². The monoisotopic (exact) mass is 1190 g/mol. The van der Waals surface area contributed by atoms with Gasteiger partial charge < -0.3 is 20.3 Å². The zero-order valence-corrected chi connectivity index (χ0v) is 57.6. The van der Waals surface area contributed by atoms with Crippen molar-refractivity contribution in [3.8, 4) is 0 Å². The zero-order chi connectivity index (χ0) is 61.3. The molecule has 85 heavy (non-hydrogen) atoms. The van der Waals surface area contributed by atoms with Crippen LogP contribution < -0.4 is 5.32 Å². The van der Waals surface area contributed by atoms with Gasteiger partial charge in [-0.05, 0) is 83.5 Å². The van der Waals surface area contributed by atoms with Gasteiger partial charge in [0.1, 0.15) is 0 Å². The maximum absolute atomic E-state index is 12.6. The third kappa shape index (κ3) is 71.0. The van der Waals surface area contributed by atoms with E-state index in [1.54, 1.807) is 0 Å². The van der Waals surface area contributed by atoms with Crippen molar-refractivity contribution < 1.29 is 24.5 Å². The van der Waals surface area contributed by atoms with E-state index in [-0.39, 0.29) is 18.5 Å². The summed E-state index contributed by atoms with van der Waals surface area (Å²) in [7, 11) is 0. The molecular weight excluding hydrogens is 1040 g/mol. The molecule has 3 N–H and O–H groups in total. The van der Waals surface area contributed by atoms with E-state index >= 15 is 0 Å². The van der Waals surface area contributed by atoms with Crippen molar-refractivity contribution in [3.05, 3.63) is 36.5 Å². The van der Waals surface area contributed by atoms with Crippen molar-refractivity contribution in [1.29, 1.82) is 0 Å². The third-order valence-electron chi connectivity index (χ3n) is 18.2. The molecule has 0 radical (unpaired) electrons. The van der Waals surface area contributed by atoms with Gasteiger partial charge in [-0.25, -0.2) is 0 Å². The Hall–Kier alpha value is -1.92. The summed E-state index contributed by atoms with van der Waals surface area (Å²) in [5.74, 6) is -0.0215. The Bertz CT molecular complexity index is 1380. The number of nitrogens with one attached hydrogen (secondary N) is 1. The van der Waals surface area contributed by atoms with E-state index in [4.69, 9.17) is 4.74 Å². The molecule has 0 saturated carbocycles. The van der Waals surface area contributed by atoms with E-state index in [1.165, 1.54) is 347 Å². The Labute approximate surface area is 532 Å². The Morgan fingerprint density at radius 2 is 0.588 bits per heavy atom. The summed E-state index contributed by atoms with van der Waals surface area (Å²) in [4.78, 5) is 24.7. The molecule has 6 heteroatoms. The summed E-state index contributed by atoms with van der Waals surface area (Å²) < 4.78 is 5.50. The van der Waals surface area contributed by atoms with Gasteiger partial charge in [0.2, 0.25) is 5.91 Å². The summed E-state index contributed by atoms with van der Waals surface area (Å²) in [5.41, 5.74) is 0. The Morgan fingerprint density at radius 3 is 0.906 bits per heavy atom. The average Bonchev–Trinajstić information content (AvgIpc) is 3.51. The number of hydrogen-bond donors (Lipinski definition) is 3. The van der Waals surface area contributed by atoms with Crippen LogP contribution in [0.15, 0.2) is 36.5 Å². The summed E-state index contributed by atoms with van der Waals surface area (Å²) in [6.07, 6.45) is 96.5. The second-order valence-corrected chi connectivity index (χ2v) is 26.7. The van der Waals surface area contributed by atoms with Crippen LogP contribution in [0.1, 0.15) is 431 Å². The fourth-order valence-electron chi connectivity index (χ4n) is 12.3. The van der Waals surface area contributed by atoms with Gasteiger partial charge in [0.25, 0.3) is 0 Å². The van der Waals surface area contributed by atoms with Gasteiger partial charge in [-0.15, -0.1) is 0 Å². The number of ether oxygens (including phenoxy) is 1. The molecular formula is C79H151NO5. The van der Waals surface area contributed by atoms with Crippen LogP contribution in [-0.4, -0.2) is 47.4 Å². The highest BCUT2D eigenvalue weighted by Crippen LogP contribution is 2.19. The van der Waals surface area contributed by atoms with Crippen LogP contribution in [0.3, 0.4) is 0 Å². The lowest BCUT2D eigenvalue weighted by molar-refractivity contribution is -0.143. The first kappa shape index (κ1) is 83.1. The average molecular weight is 1200 g/mol. The molecule has 2 atom stereocenters. The van der Waals surface area contributed by atoms with Crippen molar-refractivity contribution in [2.75, 3.05) is 13.2 Å². The van der Waals surface area contributed by atoms with E-state index in [0.717, 1.165) is 51.4 Å². The number of allylic oxidation sites excluding steroid dienone is 6. The number of aliphatic hydroxyl groups is 2. The lowest BCUT2D eigenvalue weighted by Crippen LogP contribution is -2.45. The summed E-state index contributed by atoms with van der Waals surface area (Å²) in [6.45, 7) is 4.99. The maximum Gasteiger partial charge on any atom is 0.305 e. The first-order chi connectivity index (χ1) is 42.0. The lowest BCUT2D eigenvalue weighted by Gasteiger charge is -2.22. The molecule has 6 nitrogen and oxygen atoms in total. The van der Waals surface area contributed by atoms with Crippen LogP contribution in [0.4, 0.5) is 0 Å². The summed E-state index contributed by atoms with van der Waals surface area (Å²) in [6, 6.07) is -0.544. The van der Waals surface area contributed by atoms with Gasteiger partial charge in [-0.3, -0.25) is 9.59 Å². The molecule has 0 aromatic rings. The van der Waals surface area contributed by atoms with Crippen LogP contribution in [0, 0.1) is 0 Å². The Kier molecular flexibility index (Phi) is 72.9. The molecule has 0 aromatic carbocycles. The van der Waals surface area contributed by atoms with Crippen LogP contribution in [0.5, 0.6) is 0 Å². The summed E-state index contributed by atoms with van der Waals surface area (Å²) >= 11 is 0. The van der Waals surface area contributed by atoms with E-state index < -0.39 is 12.1 Å². The molecule has 0 saturated heterocycles. The highest BCUT2D eigenvalue weighted by atomic mass is 16.5. The van der Waals surface area contributed by atoms with Crippen LogP contribution in [0.25, 0.3) is 0 Å². The standard InChI is InChI=1S/C79H151NO5/c1-3-5-7-9-11-13-15-17-19-21-23-33-36-39-43-47-51-55-59-63-67-71-77(82)76(75-81)80-78(83)72-68-64-60-56-52-48-44-40-37-34-31-29-27-25-24-26-28-30-32-35-38-42-46-50-54-58-62-66-70-74-85-79(84)73-69-65-61-57-53-49-45-41-22-20-18-16-14-12-10-8-6-4-2/h20,22,24,26,30,32,76-77,81-82H,3-19,21,23,25,27-29,31,33-75H2,1-2H3,(H,80,83)/b22-20-,26-24-,32-30-. The van der Waals surface area contributed by atoms with Crippen molar-refractivity contribution in [2.24, 2.45) is 0 Å². The predicted octanol–water partition coefficient (Wildman–Crippen LogP) is 25.4. The molecule has 2 unspecified atom stereocenters. The fraction of sp³-hybridized carbons (Fsp3) is 0.899. The van der Waals surface area contributed by atoms with Gasteiger partial charge in [0, 0.05) is 12.8 Å². The van der Waals surface area contributed by atoms with Crippen LogP contribution in [0.2, 0.25) is 0 Å². The summed E-state index contributed by atoms with van der Waals surface area (Å²) in [5, 5.41) is 23.4. The molecule has 0 aliphatic heterocycles. The molecule has 0 aliphatic carbocycles. The molecule has 0 heterocycles. The number of amides is 1. The number of carbonyl (C=O) groups is 2. The smallest absolute Gasteiger partial charge is 0.305 e. The van der Waals surface area contributed by atoms with Gasteiger partial charge in [0.05, 0.1) is 25.4 Å². The van der Waals surface area contributed by atoms with Crippen molar-refractivity contribution in [1.82, 2.24) is 5.32 Å². The van der Waals surface area contributed by atoms with Crippen molar-refractivity contribution >= 4 is 11.9 Å². The number of hydrogen-bond acceptors (Lipinski definition) is 5. The normalized spacial score (nSPS) is 12.7. The highest BCUT2D eigenvalue weighted by molar-refractivity contribution is 5.76. The van der Waals surface area contributed by atoms with Crippen molar-refractivity contribution in [2.45, 2.75) is 443 Å². The maximum atomic E-state index is 12.6. The fourth-order valence-corrected chi connectivity index (χ4v) is 12.3. The molecule has 0 bridgehead atoms. The van der Waals surface area contributed by atoms with Crippen molar-refractivity contribution in [3.63, 3.8) is 0 Å². The molecule has 0 spiro atoms. The van der Waals surface area contributed by atoms with E-state index in [9.17, 15) is 19.8 Å². The minimum atomic E-state index is -0.667. The number of aliphatic hydroxyl groups excluding tert-OH is 2. The molecule has 1 amide bonds. The van der Waals surface area contributed by atoms with Gasteiger partial charge >= 0.3 is 5.97 Å². The topological polar surface area (TPSA) is 95.9 Å². The molecule has 0 rings (SSSR count). The molecule has 0 aliphatic rings. The first-order valence-corrected chi connectivity index (χ1v) is 38.7. The Morgan fingerprint density at radius 1 is 0.329 bits per heavy atom.